The summed E-state index contributed by atoms with van der Waals surface area (Å²) in [5.74, 6) is 0. The molecule has 2 heterocycles. The number of aromatic nitrogens is 1. The SMILES string of the molecule is CC(O)CC1CCCCN1c1ncc([N+](=O)[O-])s1. The number of hydrogen-bond donors (Lipinski definition) is 1. The van der Waals surface area contributed by atoms with Crippen molar-refractivity contribution in [3.8, 4) is 0 Å². The van der Waals surface area contributed by atoms with Crippen LogP contribution in [0.3, 0.4) is 0 Å². The molecule has 2 rings (SSSR count). The van der Waals surface area contributed by atoms with Crippen molar-refractivity contribution >= 4 is 21.5 Å². The van der Waals surface area contributed by atoms with Gasteiger partial charge in [0.05, 0.1) is 11.0 Å². The van der Waals surface area contributed by atoms with Crippen molar-refractivity contribution in [1.29, 1.82) is 0 Å². The third-order valence-corrected chi connectivity index (χ3v) is 4.13. The summed E-state index contributed by atoms with van der Waals surface area (Å²) in [4.78, 5) is 16.5. The molecule has 0 bridgehead atoms. The van der Waals surface area contributed by atoms with Crippen LogP contribution in [0, 0.1) is 10.1 Å². The van der Waals surface area contributed by atoms with Gasteiger partial charge >= 0.3 is 5.00 Å². The van der Waals surface area contributed by atoms with Crippen molar-refractivity contribution in [2.75, 3.05) is 11.4 Å². The van der Waals surface area contributed by atoms with Crippen molar-refractivity contribution < 1.29 is 10.0 Å². The van der Waals surface area contributed by atoms with E-state index in [1.807, 2.05) is 0 Å². The zero-order chi connectivity index (χ0) is 13.1. The van der Waals surface area contributed by atoms with Gasteiger partial charge in [-0.25, -0.2) is 4.98 Å². The number of anilines is 1. The van der Waals surface area contributed by atoms with E-state index in [4.69, 9.17) is 0 Å². The summed E-state index contributed by atoms with van der Waals surface area (Å²) in [5, 5.41) is 21.0. The van der Waals surface area contributed by atoms with Gasteiger partial charge in [-0.3, -0.25) is 10.1 Å². The van der Waals surface area contributed by atoms with Crippen molar-refractivity contribution in [3.05, 3.63) is 16.3 Å². The molecule has 0 aliphatic carbocycles. The van der Waals surface area contributed by atoms with Crippen LogP contribution < -0.4 is 4.90 Å². The third kappa shape index (κ3) is 2.97. The Morgan fingerprint density at radius 2 is 2.50 bits per heavy atom. The van der Waals surface area contributed by atoms with Crippen molar-refractivity contribution in [1.82, 2.24) is 4.98 Å². The first-order valence-electron chi connectivity index (χ1n) is 6.13. The van der Waals surface area contributed by atoms with Crippen molar-refractivity contribution in [2.24, 2.45) is 0 Å². The molecule has 1 N–H and O–H groups in total. The molecule has 0 spiro atoms. The third-order valence-electron chi connectivity index (χ3n) is 3.15. The smallest absolute Gasteiger partial charge is 0.345 e. The second kappa shape index (κ2) is 5.62. The molecule has 18 heavy (non-hydrogen) atoms. The summed E-state index contributed by atoms with van der Waals surface area (Å²) in [7, 11) is 0. The summed E-state index contributed by atoms with van der Waals surface area (Å²) in [6.45, 7) is 2.64. The Labute approximate surface area is 109 Å². The predicted octanol–water partition coefficient (Wildman–Crippen LogP) is 2.18. The first kappa shape index (κ1) is 13.2. The molecule has 1 saturated heterocycles. The Kier molecular flexibility index (Phi) is 4.13. The zero-order valence-electron chi connectivity index (χ0n) is 10.3. The minimum Gasteiger partial charge on any atom is -0.393 e. The topological polar surface area (TPSA) is 79.5 Å². The maximum Gasteiger partial charge on any atom is 0.345 e. The van der Waals surface area contributed by atoms with Gasteiger partial charge in [0.15, 0.2) is 5.13 Å². The van der Waals surface area contributed by atoms with Crippen LogP contribution in [-0.4, -0.2) is 33.7 Å². The average molecular weight is 271 g/mol. The number of aliphatic hydroxyl groups excluding tert-OH is 1. The van der Waals surface area contributed by atoms with Gasteiger partial charge in [0.2, 0.25) is 0 Å². The van der Waals surface area contributed by atoms with E-state index < -0.39 is 4.92 Å². The molecule has 1 aliphatic heterocycles. The molecule has 100 valence electrons. The van der Waals surface area contributed by atoms with Crippen LogP contribution >= 0.6 is 11.3 Å². The Hall–Kier alpha value is -1.21. The average Bonchev–Trinajstić information content (AvgIpc) is 2.78. The highest BCUT2D eigenvalue weighted by atomic mass is 32.1. The molecule has 1 aromatic rings. The molecule has 0 radical (unpaired) electrons. The highest BCUT2D eigenvalue weighted by Crippen LogP contribution is 2.33. The first-order chi connectivity index (χ1) is 8.58. The van der Waals surface area contributed by atoms with E-state index in [0.29, 0.717) is 11.6 Å². The lowest BCUT2D eigenvalue weighted by Crippen LogP contribution is -2.41. The molecule has 1 aromatic heterocycles. The lowest BCUT2D eigenvalue weighted by Gasteiger charge is -2.36. The molecule has 0 saturated carbocycles. The van der Waals surface area contributed by atoms with Gasteiger partial charge in [-0.15, -0.1) is 0 Å². The largest absolute Gasteiger partial charge is 0.393 e. The standard InChI is InChI=1S/C11H17N3O3S/c1-8(15)6-9-4-2-3-5-13(9)11-12-7-10(18-11)14(16)17/h7-9,15H,2-6H2,1H3. The summed E-state index contributed by atoms with van der Waals surface area (Å²) >= 11 is 1.11. The summed E-state index contributed by atoms with van der Waals surface area (Å²) in [6.07, 6.45) is 4.87. The second-order valence-electron chi connectivity index (χ2n) is 4.67. The van der Waals surface area contributed by atoms with E-state index in [1.54, 1.807) is 6.92 Å². The number of nitro groups is 1. The molecule has 6 nitrogen and oxygen atoms in total. The first-order valence-corrected chi connectivity index (χ1v) is 6.94. The molecule has 2 unspecified atom stereocenters. The Balaban J connectivity index is 2.14. The minimum absolute atomic E-state index is 0.0753. The molecule has 0 amide bonds. The highest BCUT2D eigenvalue weighted by molar-refractivity contribution is 7.18. The van der Waals surface area contributed by atoms with E-state index in [2.05, 4.69) is 9.88 Å². The highest BCUT2D eigenvalue weighted by Gasteiger charge is 2.27. The second-order valence-corrected chi connectivity index (χ2v) is 5.65. The molecular formula is C11H17N3O3S. The number of rotatable bonds is 4. The molecule has 2 atom stereocenters. The zero-order valence-corrected chi connectivity index (χ0v) is 11.1. The maximum atomic E-state index is 10.7. The number of nitrogens with zero attached hydrogens (tertiary/aromatic N) is 3. The molecule has 7 heteroatoms. The minimum atomic E-state index is -0.408. The summed E-state index contributed by atoms with van der Waals surface area (Å²) in [6, 6.07) is 0.240. The van der Waals surface area contributed by atoms with Gasteiger partial charge in [-0.2, -0.15) is 0 Å². The summed E-state index contributed by atoms with van der Waals surface area (Å²) in [5.41, 5.74) is 0. The maximum absolute atomic E-state index is 10.7. The van der Waals surface area contributed by atoms with E-state index in [9.17, 15) is 15.2 Å². The van der Waals surface area contributed by atoms with Gasteiger partial charge in [0.1, 0.15) is 6.20 Å². The van der Waals surface area contributed by atoms with Gasteiger partial charge in [-0.05, 0) is 43.9 Å². The summed E-state index contributed by atoms with van der Waals surface area (Å²) < 4.78 is 0. The normalized spacial score (nSPS) is 21.9. The van der Waals surface area contributed by atoms with Crippen LogP contribution in [0.25, 0.3) is 0 Å². The monoisotopic (exact) mass is 271 g/mol. The Bertz CT molecular complexity index is 421. The van der Waals surface area contributed by atoms with E-state index >= 15 is 0 Å². The van der Waals surface area contributed by atoms with Crippen LogP contribution in [0.5, 0.6) is 0 Å². The van der Waals surface area contributed by atoms with Crippen LogP contribution in [0.15, 0.2) is 6.20 Å². The van der Waals surface area contributed by atoms with E-state index in [1.165, 1.54) is 6.20 Å². The predicted molar refractivity (Wildman–Crippen MR) is 70.1 cm³/mol. The number of piperidine rings is 1. The van der Waals surface area contributed by atoms with E-state index in [0.717, 1.165) is 37.1 Å². The number of hydrogen-bond acceptors (Lipinski definition) is 6. The van der Waals surface area contributed by atoms with E-state index in [-0.39, 0.29) is 17.1 Å². The van der Waals surface area contributed by atoms with Gasteiger partial charge in [0, 0.05) is 12.6 Å². The fourth-order valence-electron chi connectivity index (χ4n) is 2.37. The molecule has 0 aromatic carbocycles. The van der Waals surface area contributed by atoms with Gasteiger partial charge in [-0.1, -0.05) is 0 Å². The lowest BCUT2D eigenvalue weighted by molar-refractivity contribution is -0.380. The van der Waals surface area contributed by atoms with Crippen LogP contribution in [0.1, 0.15) is 32.6 Å². The number of aliphatic hydroxyl groups is 1. The fraction of sp³-hybridized carbons (Fsp3) is 0.727. The van der Waals surface area contributed by atoms with Crippen LogP contribution in [-0.2, 0) is 0 Å². The van der Waals surface area contributed by atoms with Crippen LogP contribution in [0.4, 0.5) is 10.1 Å². The number of thiazole rings is 1. The molecular weight excluding hydrogens is 254 g/mol. The quantitative estimate of drug-likeness (QED) is 0.670. The fourth-order valence-corrected chi connectivity index (χ4v) is 3.20. The molecule has 1 aliphatic rings. The lowest BCUT2D eigenvalue weighted by atomic mass is 9.98. The Morgan fingerprint density at radius 3 is 3.11 bits per heavy atom. The molecule has 1 fully saturated rings. The van der Waals surface area contributed by atoms with Gasteiger partial charge < -0.3 is 10.0 Å². The van der Waals surface area contributed by atoms with Crippen molar-refractivity contribution in [2.45, 2.75) is 44.8 Å². The van der Waals surface area contributed by atoms with Crippen LogP contribution in [0.2, 0.25) is 0 Å². The Morgan fingerprint density at radius 1 is 1.72 bits per heavy atom. The van der Waals surface area contributed by atoms with Crippen molar-refractivity contribution in [3.63, 3.8) is 0 Å². The van der Waals surface area contributed by atoms with Gasteiger partial charge in [0.25, 0.3) is 0 Å².